The molecule has 0 heterocycles. The van der Waals surface area contributed by atoms with Crippen molar-refractivity contribution in [1.82, 2.24) is 0 Å². The van der Waals surface area contributed by atoms with Crippen LogP contribution in [-0.2, 0) is 11.0 Å². The van der Waals surface area contributed by atoms with Gasteiger partial charge in [0.25, 0.3) is 0 Å². The first-order valence-corrected chi connectivity index (χ1v) is 8.33. The number of nitrogens with one attached hydrogen (secondary N) is 1. The van der Waals surface area contributed by atoms with E-state index in [0.29, 0.717) is 17.1 Å². The minimum absolute atomic E-state index is 0.0568. The number of rotatable bonds is 7. The molecule has 0 bridgehead atoms. The normalized spacial score (nSPS) is 11.4. The Labute approximate surface area is 160 Å². The Morgan fingerprint density at radius 2 is 1.71 bits per heavy atom. The molecule has 0 aliphatic heterocycles. The Kier molecular flexibility index (Phi) is 6.92. The van der Waals surface area contributed by atoms with Crippen LogP contribution in [0.25, 0.3) is 6.08 Å². The van der Waals surface area contributed by atoms with E-state index in [4.69, 9.17) is 14.2 Å². The van der Waals surface area contributed by atoms with Crippen molar-refractivity contribution in [3.8, 4) is 17.2 Å². The summed E-state index contributed by atoms with van der Waals surface area (Å²) in [6.07, 6.45) is -1.82. The molecule has 2 rings (SSSR count). The smallest absolute Gasteiger partial charge is 0.416 e. The third-order valence-corrected chi connectivity index (χ3v) is 3.70. The molecular formula is C20H20F3NO4. The molecule has 0 aliphatic rings. The van der Waals surface area contributed by atoms with Crippen LogP contribution in [0.1, 0.15) is 18.1 Å². The minimum Gasteiger partial charge on any atom is -0.493 e. The molecule has 0 spiro atoms. The van der Waals surface area contributed by atoms with Crippen LogP contribution in [0.4, 0.5) is 18.9 Å². The lowest BCUT2D eigenvalue weighted by molar-refractivity contribution is -0.137. The van der Waals surface area contributed by atoms with Gasteiger partial charge in [0.1, 0.15) is 5.75 Å². The predicted octanol–water partition coefficient (Wildman–Crippen LogP) is 4.77. The number of methoxy groups -OCH3 is 2. The molecule has 2 aromatic rings. The lowest BCUT2D eigenvalue weighted by Gasteiger charge is -2.14. The summed E-state index contributed by atoms with van der Waals surface area (Å²) in [7, 11) is 2.99. The van der Waals surface area contributed by atoms with Crippen LogP contribution in [0.5, 0.6) is 17.2 Å². The highest BCUT2D eigenvalue weighted by Gasteiger charge is 2.31. The van der Waals surface area contributed by atoms with Crippen molar-refractivity contribution in [2.24, 2.45) is 0 Å². The number of amides is 1. The molecule has 0 aliphatic carbocycles. The summed E-state index contributed by atoms with van der Waals surface area (Å²) in [6, 6.07) is 7.98. The quantitative estimate of drug-likeness (QED) is 0.686. The second-order valence-electron chi connectivity index (χ2n) is 5.58. The average molecular weight is 395 g/mol. The van der Waals surface area contributed by atoms with Crippen LogP contribution in [0, 0.1) is 0 Å². The first kappa shape index (κ1) is 21.1. The maximum atomic E-state index is 12.9. The van der Waals surface area contributed by atoms with E-state index in [1.807, 2.05) is 0 Å². The largest absolute Gasteiger partial charge is 0.493 e. The van der Waals surface area contributed by atoms with Gasteiger partial charge in [0.05, 0.1) is 32.1 Å². The van der Waals surface area contributed by atoms with Gasteiger partial charge >= 0.3 is 6.18 Å². The van der Waals surface area contributed by atoms with Crippen molar-refractivity contribution >= 4 is 17.7 Å². The fourth-order valence-corrected chi connectivity index (χ4v) is 2.39. The fourth-order valence-electron chi connectivity index (χ4n) is 2.39. The van der Waals surface area contributed by atoms with Gasteiger partial charge in [-0.05, 0) is 48.9 Å². The molecule has 0 saturated carbocycles. The average Bonchev–Trinajstić information content (AvgIpc) is 2.66. The second-order valence-corrected chi connectivity index (χ2v) is 5.58. The summed E-state index contributed by atoms with van der Waals surface area (Å²) < 4.78 is 54.4. The molecule has 5 nitrogen and oxygen atoms in total. The number of anilines is 1. The third-order valence-electron chi connectivity index (χ3n) is 3.70. The number of hydrogen-bond acceptors (Lipinski definition) is 4. The highest BCUT2D eigenvalue weighted by atomic mass is 19.4. The van der Waals surface area contributed by atoms with Gasteiger partial charge in [-0.3, -0.25) is 4.79 Å². The standard InChI is InChI=1S/C20H20F3NO4/c1-4-28-16-9-7-14(20(21,22)23)12-15(16)24-19(25)10-6-13-5-8-17(26-2)18(11-13)27-3/h5-12H,4H2,1-3H3,(H,24,25)/b10-6+. The number of ether oxygens (including phenoxy) is 3. The van der Waals surface area contributed by atoms with E-state index < -0.39 is 17.6 Å². The van der Waals surface area contributed by atoms with Gasteiger partial charge in [-0.1, -0.05) is 6.07 Å². The van der Waals surface area contributed by atoms with Crippen LogP contribution in [-0.4, -0.2) is 26.7 Å². The van der Waals surface area contributed by atoms with Crippen LogP contribution in [0.3, 0.4) is 0 Å². The SMILES string of the molecule is CCOc1ccc(C(F)(F)F)cc1NC(=O)/C=C/c1ccc(OC)c(OC)c1. The minimum atomic E-state index is -4.53. The summed E-state index contributed by atoms with van der Waals surface area (Å²) in [4.78, 5) is 12.2. The molecule has 0 aromatic heterocycles. The van der Waals surface area contributed by atoms with Crippen molar-refractivity contribution in [2.45, 2.75) is 13.1 Å². The number of carbonyl (C=O) groups excluding carboxylic acids is 1. The molecule has 0 atom stereocenters. The first-order valence-electron chi connectivity index (χ1n) is 8.33. The number of hydrogen-bond donors (Lipinski definition) is 1. The monoisotopic (exact) mass is 395 g/mol. The maximum absolute atomic E-state index is 12.9. The summed E-state index contributed by atoms with van der Waals surface area (Å²) >= 11 is 0. The van der Waals surface area contributed by atoms with E-state index in [-0.39, 0.29) is 18.0 Å². The van der Waals surface area contributed by atoms with Gasteiger partial charge in [-0.25, -0.2) is 0 Å². The number of benzene rings is 2. The second kappa shape index (κ2) is 9.16. The van der Waals surface area contributed by atoms with Gasteiger partial charge in [0.15, 0.2) is 11.5 Å². The summed E-state index contributed by atoms with van der Waals surface area (Å²) in [6.45, 7) is 1.94. The first-order chi connectivity index (χ1) is 13.3. The number of halogens is 3. The molecule has 0 saturated heterocycles. The van der Waals surface area contributed by atoms with E-state index in [1.165, 1.54) is 32.4 Å². The summed E-state index contributed by atoms with van der Waals surface area (Å²) in [5.41, 5.74) is -0.282. The van der Waals surface area contributed by atoms with E-state index in [2.05, 4.69) is 5.32 Å². The molecule has 0 fully saturated rings. The summed E-state index contributed by atoms with van der Waals surface area (Å²) in [5, 5.41) is 2.42. The Hall–Kier alpha value is -3.16. The van der Waals surface area contributed by atoms with E-state index >= 15 is 0 Å². The number of alkyl halides is 3. The molecule has 0 radical (unpaired) electrons. The van der Waals surface area contributed by atoms with Crippen LogP contribution in [0.15, 0.2) is 42.5 Å². The van der Waals surface area contributed by atoms with Crippen molar-refractivity contribution < 1.29 is 32.2 Å². The van der Waals surface area contributed by atoms with Gasteiger partial charge < -0.3 is 19.5 Å². The Morgan fingerprint density at radius 1 is 1.04 bits per heavy atom. The van der Waals surface area contributed by atoms with Crippen molar-refractivity contribution in [3.63, 3.8) is 0 Å². The Morgan fingerprint density at radius 3 is 2.32 bits per heavy atom. The zero-order valence-corrected chi connectivity index (χ0v) is 15.6. The fraction of sp³-hybridized carbons (Fsp3) is 0.250. The summed E-state index contributed by atoms with van der Waals surface area (Å²) in [5.74, 6) is 0.578. The van der Waals surface area contributed by atoms with E-state index in [9.17, 15) is 18.0 Å². The van der Waals surface area contributed by atoms with Crippen molar-refractivity contribution in [2.75, 3.05) is 26.1 Å². The van der Waals surface area contributed by atoms with Gasteiger partial charge in [-0.15, -0.1) is 0 Å². The Bertz CT molecular complexity index is 863. The van der Waals surface area contributed by atoms with Crippen molar-refractivity contribution in [1.29, 1.82) is 0 Å². The third kappa shape index (κ3) is 5.42. The molecular weight excluding hydrogens is 375 g/mol. The maximum Gasteiger partial charge on any atom is 0.416 e. The zero-order valence-electron chi connectivity index (χ0n) is 15.6. The lowest BCUT2D eigenvalue weighted by atomic mass is 10.1. The van der Waals surface area contributed by atoms with Gasteiger partial charge in [0.2, 0.25) is 5.91 Å². The topological polar surface area (TPSA) is 56.8 Å². The van der Waals surface area contributed by atoms with E-state index in [0.717, 1.165) is 12.1 Å². The van der Waals surface area contributed by atoms with Crippen LogP contribution >= 0.6 is 0 Å². The molecule has 0 unspecified atom stereocenters. The predicted molar refractivity (Wildman–Crippen MR) is 99.8 cm³/mol. The number of carbonyl (C=O) groups is 1. The van der Waals surface area contributed by atoms with Crippen molar-refractivity contribution in [3.05, 3.63) is 53.6 Å². The van der Waals surface area contributed by atoms with E-state index in [1.54, 1.807) is 25.1 Å². The molecule has 8 heteroatoms. The Balaban J connectivity index is 2.21. The molecule has 1 amide bonds. The molecule has 28 heavy (non-hydrogen) atoms. The van der Waals surface area contributed by atoms with Gasteiger partial charge in [0, 0.05) is 6.08 Å². The van der Waals surface area contributed by atoms with Crippen LogP contribution < -0.4 is 19.5 Å². The van der Waals surface area contributed by atoms with Crippen LogP contribution in [0.2, 0.25) is 0 Å². The van der Waals surface area contributed by atoms with Gasteiger partial charge in [-0.2, -0.15) is 13.2 Å². The molecule has 1 N–H and O–H groups in total. The highest BCUT2D eigenvalue weighted by Crippen LogP contribution is 2.35. The molecule has 2 aromatic carbocycles. The highest BCUT2D eigenvalue weighted by molar-refractivity contribution is 6.02. The zero-order chi connectivity index (χ0) is 20.7. The lowest BCUT2D eigenvalue weighted by Crippen LogP contribution is -2.12. The molecule has 150 valence electrons.